The summed E-state index contributed by atoms with van der Waals surface area (Å²) in [5.74, 6) is 0.589. The number of nitrogens with zero attached hydrogens (tertiary/aromatic N) is 8. The summed E-state index contributed by atoms with van der Waals surface area (Å²) < 4.78 is 30.9. The molecule has 4 fully saturated rings. The summed E-state index contributed by atoms with van der Waals surface area (Å²) in [4.78, 5) is 86.1. The van der Waals surface area contributed by atoms with Gasteiger partial charge in [0.1, 0.15) is 48.0 Å². The van der Waals surface area contributed by atoms with Crippen LogP contribution in [0.5, 0.6) is 11.5 Å². The molecule has 3 aliphatic heterocycles. The summed E-state index contributed by atoms with van der Waals surface area (Å²) in [6.07, 6.45) is 14.4. The molecule has 0 radical (unpaired) electrons. The summed E-state index contributed by atoms with van der Waals surface area (Å²) >= 11 is 0. The lowest BCUT2D eigenvalue weighted by Crippen LogP contribution is -2.58. The molecule has 5 amide bonds. The van der Waals surface area contributed by atoms with Gasteiger partial charge in [-0.25, -0.2) is 14.6 Å². The first-order chi connectivity index (χ1) is 44.0. The SMILES string of the molecule is CN[C@@H](C)C(=O)N[C@H](C(=O)N1C[C@@H](NC(=O)COCCOCCOCCOCCN2CCN(C/C=C/C(=O)N3CCC[C@@H](n4nc(-c5ccc(Oc6ccccc6)cc5)c5c(N)ncnc54)C3)CC2)C[C@H]1C(=O)N[C@H]1CCCc2ccccc21)C1CCCCC1. The molecule has 3 aromatic carbocycles. The highest BCUT2D eigenvalue weighted by molar-refractivity contribution is 5.98. The number of benzene rings is 3. The summed E-state index contributed by atoms with van der Waals surface area (Å²) in [5.41, 5.74) is 11.0. The molecule has 0 spiro atoms. The fraction of sp³-hybridized carbons (Fsp3) is 0.552. The lowest BCUT2D eigenvalue weighted by molar-refractivity contribution is -0.143. The van der Waals surface area contributed by atoms with Crippen LogP contribution >= 0.6 is 0 Å². The van der Waals surface area contributed by atoms with Crippen molar-refractivity contribution in [1.29, 1.82) is 0 Å². The third-order valence-corrected chi connectivity index (χ3v) is 18.1. The number of rotatable bonds is 29. The number of nitrogens with one attached hydrogen (secondary N) is 4. The monoisotopic (exact) mass is 1240 g/mol. The Kier molecular flexibility index (Phi) is 24.1. The van der Waals surface area contributed by atoms with Crippen molar-refractivity contribution in [2.24, 2.45) is 5.92 Å². The Balaban J connectivity index is 0.574. The molecule has 2 aliphatic carbocycles. The first kappa shape index (κ1) is 65.6. The lowest BCUT2D eigenvalue weighted by Gasteiger charge is -2.35. The number of piperazine rings is 1. The van der Waals surface area contributed by atoms with Crippen LogP contribution in [0.3, 0.4) is 0 Å². The zero-order chi connectivity index (χ0) is 62.6. The average molecular weight is 1240 g/mol. The number of piperidine rings is 1. The van der Waals surface area contributed by atoms with Gasteiger partial charge in [0, 0.05) is 76.6 Å². The van der Waals surface area contributed by atoms with Gasteiger partial charge in [-0.2, -0.15) is 5.10 Å². The van der Waals surface area contributed by atoms with Crippen molar-refractivity contribution in [3.63, 3.8) is 0 Å². The second kappa shape index (κ2) is 33.1. The molecule has 5 aliphatic rings. The van der Waals surface area contributed by atoms with Gasteiger partial charge in [-0.15, -0.1) is 0 Å². The van der Waals surface area contributed by atoms with Gasteiger partial charge in [0.2, 0.25) is 29.5 Å². The van der Waals surface area contributed by atoms with Crippen molar-refractivity contribution in [3.05, 3.63) is 108 Å². The van der Waals surface area contributed by atoms with Crippen LogP contribution in [-0.2, 0) is 49.3 Å². The number of carbonyl (C=O) groups is 5. The highest BCUT2D eigenvalue weighted by Gasteiger charge is 2.45. The standard InChI is InChI=1S/C67H91N13O10/c1-47(69-2)65(83)74-62(49-15-5-3-6-16-49)67(85)79-43-51(42-57(79)66(84)73-56-22-11-17-48-14-9-10-21-55(48)56)72-58(81)45-89-41-40-88-39-38-87-37-36-86-35-34-77-32-30-76(31-33-77)28-13-23-59(82)78-29-12-18-52(44-78)80-64-60(63(68)70-46-71-64)61(75-80)50-24-26-54(27-25-50)90-53-19-7-4-8-20-53/h4,7-10,13-14,19-21,23-27,46-47,49,51-52,56-57,62,69H,3,5-6,11-12,15-18,22,28-45H2,1-2H3,(H,72,81)(H,73,84)(H,74,83)(H2,68,70,71)/b23-13+/t47-,51-,52+,56-,57-,62-/m0/s1. The van der Waals surface area contributed by atoms with E-state index in [0.717, 1.165) is 114 Å². The summed E-state index contributed by atoms with van der Waals surface area (Å²) in [6, 6.07) is 22.7. The van der Waals surface area contributed by atoms with Gasteiger partial charge in [-0.1, -0.05) is 67.8 Å². The van der Waals surface area contributed by atoms with Crippen molar-refractivity contribution in [1.82, 2.24) is 60.6 Å². The van der Waals surface area contributed by atoms with Gasteiger partial charge >= 0.3 is 0 Å². The zero-order valence-corrected chi connectivity index (χ0v) is 52.3. The number of fused-ring (bicyclic) bond motifs is 2. The molecule has 5 heterocycles. The molecule has 6 atom stereocenters. The number of aryl methyl sites for hydroxylation is 1. The largest absolute Gasteiger partial charge is 0.457 e. The number of anilines is 1. The number of nitrogen functional groups attached to an aromatic ring is 1. The molecule has 90 heavy (non-hydrogen) atoms. The summed E-state index contributed by atoms with van der Waals surface area (Å²) in [5, 5.41) is 18.0. The van der Waals surface area contributed by atoms with Crippen LogP contribution in [0.2, 0.25) is 0 Å². The molecular formula is C67H91N13O10. The molecular weight excluding hydrogens is 1150 g/mol. The maximum absolute atomic E-state index is 14.7. The molecule has 23 heteroatoms. The molecule has 10 rings (SSSR count). The Hall–Kier alpha value is -7.38. The van der Waals surface area contributed by atoms with Crippen LogP contribution < -0.4 is 31.7 Å². The Morgan fingerprint density at radius 2 is 1.42 bits per heavy atom. The van der Waals surface area contributed by atoms with E-state index in [-0.39, 0.29) is 80.3 Å². The zero-order valence-electron chi connectivity index (χ0n) is 52.3. The van der Waals surface area contributed by atoms with Crippen LogP contribution in [0.1, 0.15) is 94.3 Å². The van der Waals surface area contributed by atoms with Crippen molar-refractivity contribution < 1.29 is 47.7 Å². The van der Waals surface area contributed by atoms with Crippen molar-refractivity contribution in [3.8, 4) is 22.8 Å². The van der Waals surface area contributed by atoms with Crippen LogP contribution in [0.15, 0.2) is 97.3 Å². The van der Waals surface area contributed by atoms with Gasteiger partial charge in [0.25, 0.3) is 0 Å². The smallest absolute Gasteiger partial charge is 0.246 e. The Morgan fingerprint density at radius 1 is 0.722 bits per heavy atom. The van der Waals surface area contributed by atoms with E-state index in [1.807, 2.05) is 82.4 Å². The number of amides is 5. The Labute approximate surface area is 528 Å². The van der Waals surface area contributed by atoms with Crippen molar-refractivity contribution >= 4 is 46.4 Å². The first-order valence-corrected chi connectivity index (χ1v) is 32.5. The van der Waals surface area contributed by atoms with E-state index >= 15 is 0 Å². The molecule has 6 N–H and O–H groups in total. The number of aromatic nitrogens is 4. The summed E-state index contributed by atoms with van der Waals surface area (Å²) in [7, 11) is 1.71. The minimum Gasteiger partial charge on any atom is -0.457 e. The third kappa shape index (κ3) is 17.8. The second-order valence-corrected chi connectivity index (χ2v) is 24.3. The third-order valence-electron chi connectivity index (χ3n) is 18.1. The van der Waals surface area contributed by atoms with E-state index in [9.17, 15) is 24.0 Å². The molecule has 484 valence electrons. The number of hydrogen-bond donors (Lipinski definition) is 5. The Bertz CT molecular complexity index is 3170. The van der Waals surface area contributed by atoms with E-state index in [2.05, 4.69) is 53.2 Å². The number of hydrogen-bond acceptors (Lipinski definition) is 17. The fourth-order valence-corrected chi connectivity index (χ4v) is 13.0. The number of ether oxygens (including phenoxy) is 5. The lowest BCUT2D eigenvalue weighted by atomic mass is 9.83. The fourth-order valence-electron chi connectivity index (χ4n) is 13.0. The summed E-state index contributed by atoms with van der Waals surface area (Å²) in [6.45, 7) is 10.8. The quantitative estimate of drug-likeness (QED) is 0.0303. The molecule has 3 saturated heterocycles. The molecule has 0 bridgehead atoms. The number of para-hydroxylation sites is 1. The second-order valence-electron chi connectivity index (χ2n) is 24.3. The number of nitrogens with two attached hydrogens (primary N) is 1. The number of carbonyl (C=O) groups excluding carboxylic acids is 5. The van der Waals surface area contributed by atoms with E-state index < -0.39 is 24.2 Å². The highest BCUT2D eigenvalue weighted by Crippen LogP contribution is 2.36. The van der Waals surface area contributed by atoms with Gasteiger partial charge in [0.05, 0.1) is 69.8 Å². The number of likely N-dealkylation sites (N-methyl/N-ethyl adjacent to an activating group) is 1. The van der Waals surface area contributed by atoms with E-state index in [1.165, 1.54) is 11.9 Å². The predicted molar refractivity (Wildman–Crippen MR) is 341 cm³/mol. The Morgan fingerprint density at radius 3 is 2.18 bits per heavy atom. The average Bonchev–Trinajstić information content (AvgIpc) is 1.64. The predicted octanol–water partition coefficient (Wildman–Crippen LogP) is 5.22. The molecule has 2 aromatic heterocycles. The van der Waals surface area contributed by atoms with Crippen molar-refractivity contribution in [2.75, 3.05) is 125 Å². The van der Waals surface area contributed by atoms with Gasteiger partial charge in [-0.05, 0) is 119 Å². The maximum atomic E-state index is 14.7. The van der Waals surface area contributed by atoms with E-state index in [0.29, 0.717) is 81.0 Å². The van der Waals surface area contributed by atoms with Gasteiger partial charge in [-0.3, -0.25) is 33.8 Å². The van der Waals surface area contributed by atoms with E-state index in [4.69, 9.17) is 34.5 Å². The minimum atomic E-state index is -0.827. The molecule has 5 aromatic rings. The van der Waals surface area contributed by atoms with Crippen LogP contribution in [-0.4, -0.2) is 212 Å². The van der Waals surface area contributed by atoms with Crippen LogP contribution in [0.25, 0.3) is 22.3 Å². The minimum absolute atomic E-state index is 0.00919. The van der Waals surface area contributed by atoms with Gasteiger partial charge in [0.15, 0.2) is 5.65 Å². The van der Waals surface area contributed by atoms with Crippen LogP contribution in [0.4, 0.5) is 5.82 Å². The van der Waals surface area contributed by atoms with E-state index in [1.54, 1.807) is 24.9 Å². The van der Waals surface area contributed by atoms with Crippen molar-refractivity contribution in [2.45, 2.75) is 114 Å². The molecule has 23 nitrogen and oxygen atoms in total. The number of likely N-dealkylation sites (tertiary alicyclic amines) is 2. The van der Waals surface area contributed by atoms with Crippen LogP contribution in [0, 0.1) is 5.92 Å². The first-order valence-electron chi connectivity index (χ1n) is 32.5. The van der Waals surface area contributed by atoms with Gasteiger partial charge < -0.3 is 60.5 Å². The highest BCUT2D eigenvalue weighted by atomic mass is 16.6. The maximum Gasteiger partial charge on any atom is 0.246 e. The molecule has 1 saturated carbocycles. The molecule has 0 unspecified atom stereocenters. The topological polar surface area (TPSA) is 262 Å². The normalized spacial score (nSPS) is 20.8.